The third-order valence-electron chi connectivity index (χ3n) is 4.89. The number of nitrogens with zero attached hydrogens (tertiary/aromatic N) is 3. The minimum atomic E-state index is 0.315. The van der Waals surface area contributed by atoms with E-state index in [9.17, 15) is 0 Å². The van der Waals surface area contributed by atoms with Gasteiger partial charge in [0.1, 0.15) is 11.9 Å². The van der Waals surface area contributed by atoms with E-state index in [1.54, 1.807) is 12.3 Å². The number of fused-ring (bicyclic) bond motifs is 1. The highest BCUT2D eigenvalue weighted by Gasteiger charge is 2.29. The van der Waals surface area contributed by atoms with Crippen molar-refractivity contribution in [3.05, 3.63) is 60.0 Å². The molecule has 1 saturated heterocycles. The van der Waals surface area contributed by atoms with Crippen molar-refractivity contribution in [3.63, 3.8) is 0 Å². The van der Waals surface area contributed by atoms with Crippen LogP contribution in [0.3, 0.4) is 0 Å². The molecular weight excluding hydrogens is 312 g/mol. The topological polar surface area (TPSA) is 65.1 Å². The van der Waals surface area contributed by atoms with Crippen LogP contribution in [0.4, 0.5) is 5.82 Å². The summed E-state index contributed by atoms with van der Waals surface area (Å²) in [6, 6.07) is 16.7. The van der Waals surface area contributed by atoms with Crippen molar-refractivity contribution in [2.24, 2.45) is 0 Å². The Balaban J connectivity index is 1.60. The SMILES string of the molecule is CN1CCC(Nc2cc3cc(C#N)oc3cn2)C(c2ccccc2)C1. The fourth-order valence-electron chi connectivity index (χ4n) is 3.60. The number of likely N-dealkylation sites (tertiary alicyclic amines) is 1. The smallest absolute Gasteiger partial charge is 0.204 e. The Morgan fingerprint density at radius 1 is 1.28 bits per heavy atom. The van der Waals surface area contributed by atoms with Gasteiger partial charge in [-0.1, -0.05) is 30.3 Å². The molecule has 0 amide bonds. The van der Waals surface area contributed by atoms with Gasteiger partial charge in [0.15, 0.2) is 5.58 Å². The molecule has 1 aliphatic rings. The van der Waals surface area contributed by atoms with Crippen LogP contribution in [0.15, 0.2) is 53.1 Å². The van der Waals surface area contributed by atoms with E-state index < -0.39 is 0 Å². The highest BCUT2D eigenvalue weighted by molar-refractivity contribution is 5.80. The van der Waals surface area contributed by atoms with Gasteiger partial charge in [0, 0.05) is 30.0 Å². The highest BCUT2D eigenvalue weighted by Crippen LogP contribution is 2.30. The number of nitrogens with one attached hydrogen (secondary N) is 1. The first-order chi connectivity index (χ1) is 12.2. The predicted octanol–water partition coefficient (Wildman–Crippen LogP) is 3.60. The molecule has 2 aromatic heterocycles. The monoisotopic (exact) mass is 332 g/mol. The lowest BCUT2D eigenvalue weighted by molar-refractivity contribution is 0.236. The molecule has 25 heavy (non-hydrogen) atoms. The van der Waals surface area contributed by atoms with E-state index in [2.05, 4.69) is 52.6 Å². The largest absolute Gasteiger partial charge is 0.444 e. The number of likely N-dealkylation sites (N-methyl/N-ethyl adjacent to an activating group) is 1. The molecular formula is C20H20N4O. The van der Waals surface area contributed by atoms with Crippen molar-refractivity contribution in [1.82, 2.24) is 9.88 Å². The average molecular weight is 332 g/mol. The van der Waals surface area contributed by atoms with Crippen LogP contribution in [-0.2, 0) is 0 Å². The van der Waals surface area contributed by atoms with Crippen LogP contribution < -0.4 is 5.32 Å². The summed E-state index contributed by atoms with van der Waals surface area (Å²) in [5.41, 5.74) is 1.99. The van der Waals surface area contributed by atoms with E-state index >= 15 is 0 Å². The molecule has 5 nitrogen and oxygen atoms in total. The fraction of sp³-hybridized carbons (Fsp3) is 0.300. The Labute approximate surface area is 146 Å². The Morgan fingerprint density at radius 3 is 2.92 bits per heavy atom. The lowest BCUT2D eigenvalue weighted by Crippen LogP contribution is -2.43. The second-order valence-electron chi connectivity index (χ2n) is 6.65. The number of hydrogen-bond acceptors (Lipinski definition) is 5. The molecule has 0 aliphatic carbocycles. The summed E-state index contributed by atoms with van der Waals surface area (Å²) >= 11 is 0. The molecule has 0 radical (unpaired) electrons. The normalized spacial score (nSPS) is 21.1. The highest BCUT2D eigenvalue weighted by atomic mass is 16.3. The van der Waals surface area contributed by atoms with Crippen molar-refractivity contribution >= 4 is 16.8 Å². The minimum absolute atomic E-state index is 0.315. The van der Waals surface area contributed by atoms with E-state index in [0.29, 0.717) is 23.3 Å². The maximum atomic E-state index is 8.97. The molecule has 0 spiro atoms. The minimum Gasteiger partial charge on any atom is -0.444 e. The molecule has 0 saturated carbocycles. The van der Waals surface area contributed by atoms with E-state index in [-0.39, 0.29) is 0 Å². The second kappa shape index (κ2) is 6.58. The molecule has 1 N–H and O–H groups in total. The molecule has 5 heteroatoms. The maximum absolute atomic E-state index is 8.97. The van der Waals surface area contributed by atoms with Crippen LogP contribution >= 0.6 is 0 Å². The van der Waals surface area contributed by atoms with Crippen molar-refractivity contribution in [3.8, 4) is 6.07 Å². The molecule has 2 atom stereocenters. The van der Waals surface area contributed by atoms with E-state index in [4.69, 9.17) is 9.68 Å². The number of hydrogen-bond donors (Lipinski definition) is 1. The van der Waals surface area contributed by atoms with Crippen molar-refractivity contribution in [2.75, 3.05) is 25.5 Å². The zero-order valence-electron chi connectivity index (χ0n) is 14.1. The molecule has 126 valence electrons. The number of benzene rings is 1. The van der Waals surface area contributed by atoms with Gasteiger partial charge in [-0.15, -0.1) is 0 Å². The van der Waals surface area contributed by atoms with Crippen LogP contribution in [-0.4, -0.2) is 36.1 Å². The van der Waals surface area contributed by atoms with E-state index in [1.165, 1.54) is 5.56 Å². The van der Waals surface area contributed by atoms with Crippen molar-refractivity contribution < 1.29 is 4.42 Å². The third-order valence-corrected chi connectivity index (χ3v) is 4.89. The van der Waals surface area contributed by atoms with Crippen LogP contribution in [0.2, 0.25) is 0 Å². The van der Waals surface area contributed by atoms with Gasteiger partial charge in [0.2, 0.25) is 5.76 Å². The van der Waals surface area contributed by atoms with Gasteiger partial charge < -0.3 is 14.6 Å². The van der Waals surface area contributed by atoms with Gasteiger partial charge in [0.05, 0.1) is 6.20 Å². The van der Waals surface area contributed by atoms with Gasteiger partial charge >= 0.3 is 0 Å². The molecule has 1 aromatic carbocycles. The van der Waals surface area contributed by atoms with Crippen LogP contribution in [0.1, 0.15) is 23.7 Å². The summed E-state index contributed by atoms with van der Waals surface area (Å²) in [6.45, 7) is 2.09. The Bertz CT molecular complexity index is 912. The number of anilines is 1. The number of pyridine rings is 1. The molecule has 2 unspecified atom stereocenters. The first kappa shape index (κ1) is 15.7. The number of piperidine rings is 1. The molecule has 1 fully saturated rings. The summed E-state index contributed by atoms with van der Waals surface area (Å²) < 4.78 is 5.41. The lowest BCUT2D eigenvalue weighted by atomic mass is 9.86. The molecule has 4 rings (SSSR count). The van der Waals surface area contributed by atoms with Gasteiger partial charge in [-0.25, -0.2) is 4.98 Å². The van der Waals surface area contributed by atoms with Crippen LogP contribution in [0, 0.1) is 11.3 Å². The molecule has 3 heterocycles. The number of nitriles is 1. The quantitative estimate of drug-likeness (QED) is 0.794. The summed E-state index contributed by atoms with van der Waals surface area (Å²) in [5, 5.41) is 13.5. The number of furan rings is 1. The van der Waals surface area contributed by atoms with E-state index in [1.807, 2.05) is 12.1 Å². The van der Waals surface area contributed by atoms with Crippen LogP contribution in [0.25, 0.3) is 11.0 Å². The summed E-state index contributed by atoms with van der Waals surface area (Å²) in [6.07, 6.45) is 2.75. The molecule has 1 aliphatic heterocycles. The Kier molecular flexibility index (Phi) is 4.12. The van der Waals surface area contributed by atoms with E-state index in [0.717, 1.165) is 30.7 Å². The Morgan fingerprint density at radius 2 is 2.12 bits per heavy atom. The average Bonchev–Trinajstić information content (AvgIpc) is 3.06. The lowest BCUT2D eigenvalue weighted by Gasteiger charge is -2.37. The maximum Gasteiger partial charge on any atom is 0.204 e. The summed E-state index contributed by atoms with van der Waals surface area (Å²) in [5.74, 6) is 1.56. The zero-order valence-corrected chi connectivity index (χ0v) is 14.1. The summed E-state index contributed by atoms with van der Waals surface area (Å²) in [4.78, 5) is 6.84. The van der Waals surface area contributed by atoms with Gasteiger partial charge in [-0.05, 0) is 31.6 Å². The summed E-state index contributed by atoms with van der Waals surface area (Å²) in [7, 11) is 2.17. The number of rotatable bonds is 3. The van der Waals surface area contributed by atoms with Crippen LogP contribution in [0.5, 0.6) is 0 Å². The van der Waals surface area contributed by atoms with Crippen molar-refractivity contribution in [1.29, 1.82) is 5.26 Å². The Hall–Kier alpha value is -2.84. The molecule has 3 aromatic rings. The van der Waals surface area contributed by atoms with Gasteiger partial charge in [-0.3, -0.25) is 0 Å². The first-order valence-electron chi connectivity index (χ1n) is 8.52. The number of aromatic nitrogens is 1. The zero-order chi connectivity index (χ0) is 17.2. The molecule has 0 bridgehead atoms. The second-order valence-corrected chi connectivity index (χ2v) is 6.65. The van der Waals surface area contributed by atoms with Gasteiger partial charge in [-0.2, -0.15) is 5.26 Å². The fourth-order valence-corrected chi connectivity index (χ4v) is 3.60. The predicted molar refractivity (Wildman–Crippen MR) is 97.4 cm³/mol. The van der Waals surface area contributed by atoms with Crippen molar-refractivity contribution in [2.45, 2.75) is 18.4 Å². The van der Waals surface area contributed by atoms with Gasteiger partial charge in [0.25, 0.3) is 0 Å². The standard InChI is InChI=1S/C20H20N4O/c1-24-8-7-18(17(13-24)14-5-3-2-4-6-14)23-20-10-15-9-16(11-21)25-19(15)12-22-20/h2-6,9-10,12,17-18H,7-8,13H2,1H3,(H,22,23). The first-order valence-corrected chi connectivity index (χ1v) is 8.52. The third kappa shape index (κ3) is 3.21.